The first kappa shape index (κ1) is 13.1. The van der Waals surface area contributed by atoms with Gasteiger partial charge in [-0.2, -0.15) is 0 Å². The second-order valence-electron chi connectivity index (χ2n) is 4.38. The quantitative estimate of drug-likeness (QED) is 0.683. The van der Waals surface area contributed by atoms with Crippen molar-refractivity contribution in [1.29, 1.82) is 0 Å². The number of carbonyl (C=O) groups is 1. The first-order chi connectivity index (χ1) is 9.65. The lowest BCUT2D eigenvalue weighted by atomic mass is 10.0. The molecule has 0 unspecified atom stereocenters. The van der Waals surface area contributed by atoms with Crippen molar-refractivity contribution >= 4 is 39.5 Å². The molecule has 0 fully saturated rings. The van der Waals surface area contributed by atoms with Crippen molar-refractivity contribution in [3.63, 3.8) is 0 Å². The molecule has 3 nitrogen and oxygen atoms in total. The average molecular weight is 375 g/mol. The topological polar surface area (TPSA) is 50.2 Å². The summed E-state index contributed by atoms with van der Waals surface area (Å²) >= 11 is 2.23. The Morgan fingerprint density at radius 2 is 1.75 bits per heavy atom. The van der Waals surface area contributed by atoms with Crippen LogP contribution in [0.25, 0.3) is 22.2 Å². The molecule has 0 saturated carbocycles. The molecule has 0 bridgehead atoms. The fraction of sp³-hybridized carbons (Fsp3) is 0. The number of carboxylic acids is 1. The van der Waals surface area contributed by atoms with Gasteiger partial charge in [0.1, 0.15) is 0 Å². The molecule has 0 aliphatic heterocycles. The van der Waals surface area contributed by atoms with Crippen LogP contribution in [0, 0.1) is 3.57 Å². The summed E-state index contributed by atoms with van der Waals surface area (Å²) in [6.45, 7) is 0. The molecule has 0 radical (unpaired) electrons. The van der Waals surface area contributed by atoms with Gasteiger partial charge in [0.2, 0.25) is 0 Å². The maximum atomic E-state index is 11.4. The number of rotatable bonds is 2. The molecule has 1 N–H and O–H groups in total. The molecular formula is C16H10INO2. The maximum absolute atomic E-state index is 11.4. The Labute approximate surface area is 129 Å². The van der Waals surface area contributed by atoms with E-state index < -0.39 is 5.97 Å². The lowest BCUT2D eigenvalue weighted by molar-refractivity contribution is 0.0699. The van der Waals surface area contributed by atoms with Gasteiger partial charge in [-0.1, -0.05) is 30.3 Å². The number of nitrogens with zero attached hydrogens (tertiary/aromatic N) is 1. The summed E-state index contributed by atoms with van der Waals surface area (Å²) in [5.41, 5.74) is 2.57. The molecule has 0 aliphatic rings. The van der Waals surface area contributed by atoms with Crippen LogP contribution in [-0.2, 0) is 0 Å². The van der Waals surface area contributed by atoms with Crippen molar-refractivity contribution in [2.75, 3.05) is 0 Å². The van der Waals surface area contributed by atoms with Crippen LogP contribution in [0.15, 0.2) is 54.6 Å². The summed E-state index contributed by atoms with van der Waals surface area (Å²) in [5, 5.41) is 10.0. The van der Waals surface area contributed by atoms with Gasteiger partial charge >= 0.3 is 5.97 Å². The molecule has 0 atom stereocenters. The molecule has 0 saturated heterocycles. The number of para-hydroxylation sites is 1. The molecule has 2 aromatic carbocycles. The van der Waals surface area contributed by atoms with Crippen LogP contribution in [-0.4, -0.2) is 16.1 Å². The number of hydrogen-bond donors (Lipinski definition) is 1. The summed E-state index contributed by atoms with van der Waals surface area (Å²) in [5.74, 6) is -0.935. The van der Waals surface area contributed by atoms with Gasteiger partial charge in [-0.25, -0.2) is 9.78 Å². The highest BCUT2D eigenvalue weighted by Gasteiger charge is 2.12. The largest absolute Gasteiger partial charge is 0.478 e. The molecule has 3 rings (SSSR count). The van der Waals surface area contributed by atoms with E-state index in [1.165, 1.54) is 0 Å². The van der Waals surface area contributed by atoms with Crippen molar-refractivity contribution in [3.8, 4) is 11.3 Å². The Kier molecular flexibility index (Phi) is 3.40. The highest BCUT2D eigenvalue weighted by atomic mass is 127. The summed E-state index contributed by atoms with van der Waals surface area (Å²) < 4.78 is 1.13. The molecule has 0 aliphatic carbocycles. The predicted octanol–water partition coefficient (Wildman–Crippen LogP) is 4.20. The van der Waals surface area contributed by atoms with Gasteiger partial charge in [0.15, 0.2) is 0 Å². The zero-order valence-corrected chi connectivity index (χ0v) is 12.5. The molecule has 20 heavy (non-hydrogen) atoms. The van der Waals surface area contributed by atoms with E-state index in [1.54, 1.807) is 12.1 Å². The third kappa shape index (κ3) is 2.38. The van der Waals surface area contributed by atoms with E-state index >= 15 is 0 Å². The van der Waals surface area contributed by atoms with Crippen molar-refractivity contribution in [2.45, 2.75) is 0 Å². The third-order valence-electron chi connectivity index (χ3n) is 3.09. The molecule has 3 aromatic rings. The number of carboxylic acid groups (broad SMARTS) is 1. The average Bonchev–Trinajstić information content (AvgIpc) is 2.46. The minimum atomic E-state index is -0.935. The first-order valence-electron chi connectivity index (χ1n) is 6.04. The standard InChI is InChI=1S/C16H10INO2/c17-11-7-5-10(6-8-11)15-9-13(16(19)20)12-3-1-2-4-14(12)18-15/h1-9H,(H,19,20). The predicted molar refractivity (Wildman–Crippen MR) is 86.9 cm³/mol. The molecule has 4 heteroatoms. The minimum absolute atomic E-state index is 0.282. The van der Waals surface area contributed by atoms with Crippen LogP contribution in [0.4, 0.5) is 0 Å². The first-order valence-corrected chi connectivity index (χ1v) is 7.12. The Morgan fingerprint density at radius 1 is 1.05 bits per heavy atom. The van der Waals surface area contributed by atoms with Crippen LogP contribution in [0.2, 0.25) is 0 Å². The van der Waals surface area contributed by atoms with E-state index in [2.05, 4.69) is 27.6 Å². The minimum Gasteiger partial charge on any atom is -0.478 e. The van der Waals surface area contributed by atoms with Gasteiger partial charge in [-0.3, -0.25) is 0 Å². The maximum Gasteiger partial charge on any atom is 0.336 e. The Balaban J connectivity index is 2.27. The van der Waals surface area contributed by atoms with E-state index in [0.717, 1.165) is 9.13 Å². The lowest BCUT2D eigenvalue weighted by Gasteiger charge is -2.07. The zero-order chi connectivity index (χ0) is 14.1. The van der Waals surface area contributed by atoms with Gasteiger partial charge in [0.05, 0.1) is 16.8 Å². The highest BCUT2D eigenvalue weighted by molar-refractivity contribution is 14.1. The van der Waals surface area contributed by atoms with Crippen molar-refractivity contribution in [3.05, 3.63) is 63.7 Å². The summed E-state index contributed by atoms with van der Waals surface area (Å²) in [6.07, 6.45) is 0. The van der Waals surface area contributed by atoms with Gasteiger partial charge in [0.25, 0.3) is 0 Å². The van der Waals surface area contributed by atoms with E-state index in [0.29, 0.717) is 16.6 Å². The van der Waals surface area contributed by atoms with Crippen molar-refractivity contribution < 1.29 is 9.90 Å². The van der Waals surface area contributed by atoms with Gasteiger partial charge in [-0.05, 0) is 46.9 Å². The summed E-state index contributed by atoms with van der Waals surface area (Å²) in [6, 6.07) is 16.8. The lowest BCUT2D eigenvalue weighted by Crippen LogP contribution is -2.00. The van der Waals surface area contributed by atoms with Gasteiger partial charge in [0, 0.05) is 14.5 Å². The van der Waals surface area contributed by atoms with E-state index in [4.69, 9.17) is 0 Å². The number of halogens is 1. The van der Waals surface area contributed by atoms with Crippen LogP contribution in [0.3, 0.4) is 0 Å². The van der Waals surface area contributed by atoms with Gasteiger partial charge < -0.3 is 5.11 Å². The summed E-state index contributed by atoms with van der Waals surface area (Å²) in [4.78, 5) is 16.0. The Hall–Kier alpha value is -1.95. The fourth-order valence-electron chi connectivity index (χ4n) is 2.12. The third-order valence-corrected chi connectivity index (χ3v) is 3.81. The van der Waals surface area contributed by atoms with E-state index in [1.807, 2.05) is 42.5 Å². The zero-order valence-electron chi connectivity index (χ0n) is 10.4. The fourth-order valence-corrected chi connectivity index (χ4v) is 2.48. The highest BCUT2D eigenvalue weighted by Crippen LogP contribution is 2.25. The number of aromatic nitrogens is 1. The number of benzene rings is 2. The Morgan fingerprint density at radius 3 is 2.45 bits per heavy atom. The smallest absolute Gasteiger partial charge is 0.336 e. The van der Waals surface area contributed by atoms with Crippen LogP contribution < -0.4 is 0 Å². The summed E-state index contributed by atoms with van der Waals surface area (Å²) in [7, 11) is 0. The van der Waals surface area contributed by atoms with E-state index in [9.17, 15) is 9.90 Å². The van der Waals surface area contributed by atoms with Crippen molar-refractivity contribution in [2.24, 2.45) is 0 Å². The number of hydrogen-bond acceptors (Lipinski definition) is 2. The van der Waals surface area contributed by atoms with E-state index in [-0.39, 0.29) is 5.56 Å². The molecule has 1 aromatic heterocycles. The molecule has 98 valence electrons. The number of pyridine rings is 1. The van der Waals surface area contributed by atoms with Crippen LogP contribution in [0.5, 0.6) is 0 Å². The molecule has 0 spiro atoms. The SMILES string of the molecule is O=C(O)c1cc(-c2ccc(I)cc2)nc2ccccc12. The normalized spacial score (nSPS) is 10.7. The number of aromatic carboxylic acids is 1. The molecule has 1 heterocycles. The monoisotopic (exact) mass is 375 g/mol. The molecular weight excluding hydrogens is 365 g/mol. The van der Waals surface area contributed by atoms with Gasteiger partial charge in [-0.15, -0.1) is 0 Å². The van der Waals surface area contributed by atoms with Crippen LogP contribution in [0.1, 0.15) is 10.4 Å². The molecule has 0 amide bonds. The number of fused-ring (bicyclic) bond motifs is 1. The Bertz CT molecular complexity index is 797. The second-order valence-corrected chi connectivity index (χ2v) is 5.63. The van der Waals surface area contributed by atoms with Crippen molar-refractivity contribution in [1.82, 2.24) is 4.98 Å². The van der Waals surface area contributed by atoms with Crippen LogP contribution >= 0.6 is 22.6 Å². The second kappa shape index (κ2) is 5.20.